The summed E-state index contributed by atoms with van der Waals surface area (Å²) in [6, 6.07) is 15.5. The maximum atomic E-state index is 11.9. The molecule has 0 saturated carbocycles. The van der Waals surface area contributed by atoms with Crippen molar-refractivity contribution < 1.29 is 9.84 Å². The zero-order chi connectivity index (χ0) is 19.4. The molecule has 0 saturated heterocycles. The van der Waals surface area contributed by atoms with Gasteiger partial charge in [0.05, 0.1) is 5.69 Å². The molecule has 0 aliphatic rings. The molecular weight excluding hydrogens is 368 g/mol. The number of halogens is 1. The molecule has 0 aliphatic heterocycles. The van der Waals surface area contributed by atoms with Crippen LogP contribution in [0.4, 0.5) is 11.4 Å². The third-order valence-corrected chi connectivity index (χ3v) is 3.93. The van der Waals surface area contributed by atoms with Crippen LogP contribution in [0.1, 0.15) is 11.1 Å². The second-order valence-corrected chi connectivity index (χ2v) is 5.95. The van der Waals surface area contributed by atoms with Gasteiger partial charge in [0.1, 0.15) is 23.1 Å². The number of ether oxygens (including phenoxy) is 1. The number of benzene rings is 2. The van der Waals surface area contributed by atoms with Crippen molar-refractivity contribution in [3.63, 3.8) is 0 Å². The summed E-state index contributed by atoms with van der Waals surface area (Å²) < 4.78 is 5.68. The van der Waals surface area contributed by atoms with Gasteiger partial charge < -0.3 is 9.84 Å². The topological polar surface area (TPSA) is 111 Å². The van der Waals surface area contributed by atoms with E-state index in [0.717, 1.165) is 0 Å². The van der Waals surface area contributed by atoms with E-state index in [1.807, 2.05) is 6.07 Å². The van der Waals surface area contributed by atoms with Gasteiger partial charge in [0.15, 0.2) is 5.69 Å². The molecule has 27 heavy (non-hydrogen) atoms. The molecule has 3 rings (SSSR count). The molecule has 134 valence electrons. The number of rotatable bonds is 4. The van der Waals surface area contributed by atoms with Crippen molar-refractivity contribution in [3.8, 4) is 23.4 Å². The number of aromatic hydroxyl groups is 1. The fraction of sp³-hybridized carbons (Fsp3) is 0.0526. The minimum absolute atomic E-state index is 0.0363. The first-order chi connectivity index (χ1) is 13.0. The lowest BCUT2D eigenvalue weighted by atomic mass is 10.1. The van der Waals surface area contributed by atoms with E-state index in [4.69, 9.17) is 21.6 Å². The van der Waals surface area contributed by atoms with Crippen molar-refractivity contribution in [3.05, 3.63) is 75.0 Å². The van der Waals surface area contributed by atoms with Crippen molar-refractivity contribution in [2.24, 2.45) is 10.2 Å². The van der Waals surface area contributed by atoms with Crippen LogP contribution in [-0.4, -0.2) is 10.1 Å². The maximum Gasteiger partial charge on any atom is 0.278 e. The number of aromatic amines is 1. The Morgan fingerprint density at radius 1 is 1.07 bits per heavy atom. The van der Waals surface area contributed by atoms with Crippen LogP contribution in [0.25, 0.3) is 0 Å². The van der Waals surface area contributed by atoms with E-state index in [2.05, 4.69) is 15.2 Å². The second kappa shape index (κ2) is 7.72. The average Bonchev–Trinajstić information content (AvgIpc) is 2.65. The lowest BCUT2D eigenvalue weighted by molar-refractivity contribution is 0.449. The number of pyridine rings is 1. The van der Waals surface area contributed by atoms with E-state index < -0.39 is 11.4 Å². The predicted molar refractivity (Wildman–Crippen MR) is 100 cm³/mol. The minimum atomic E-state index is -0.629. The highest BCUT2D eigenvalue weighted by Crippen LogP contribution is 2.27. The van der Waals surface area contributed by atoms with Crippen molar-refractivity contribution in [1.29, 1.82) is 5.26 Å². The van der Waals surface area contributed by atoms with Crippen molar-refractivity contribution >= 4 is 23.0 Å². The smallest absolute Gasteiger partial charge is 0.278 e. The van der Waals surface area contributed by atoms with Gasteiger partial charge in [-0.05, 0) is 55.5 Å². The van der Waals surface area contributed by atoms with Crippen molar-refractivity contribution in [1.82, 2.24) is 4.98 Å². The van der Waals surface area contributed by atoms with Crippen LogP contribution in [0.2, 0.25) is 5.02 Å². The third kappa shape index (κ3) is 4.14. The summed E-state index contributed by atoms with van der Waals surface area (Å²) in [5, 5.41) is 27.2. The number of hydrogen-bond donors (Lipinski definition) is 2. The standard InChI is InChI=1S/C19H13ClN4O3/c1-11-16(10-21)18(25)22-19(26)17(11)24-23-13-4-8-15(9-5-13)27-14-6-2-12(20)3-7-14/h2-9H,1H3,(H2,22,25,26). The summed E-state index contributed by atoms with van der Waals surface area (Å²) in [5.41, 5.74) is 0.0329. The molecule has 0 bridgehead atoms. The number of azo groups is 1. The van der Waals surface area contributed by atoms with E-state index in [1.54, 1.807) is 48.5 Å². The van der Waals surface area contributed by atoms with Crippen LogP contribution < -0.4 is 10.3 Å². The minimum Gasteiger partial charge on any atom is -0.494 e. The highest BCUT2D eigenvalue weighted by Gasteiger charge is 2.13. The van der Waals surface area contributed by atoms with Crippen LogP contribution in [-0.2, 0) is 0 Å². The molecule has 1 heterocycles. The molecule has 0 fully saturated rings. The zero-order valence-electron chi connectivity index (χ0n) is 14.1. The highest BCUT2D eigenvalue weighted by molar-refractivity contribution is 6.30. The number of nitrogens with one attached hydrogen (secondary N) is 1. The van der Waals surface area contributed by atoms with E-state index in [-0.39, 0.29) is 16.8 Å². The Labute approximate surface area is 159 Å². The third-order valence-electron chi connectivity index (χ3n) is 3.68. The number of hydrogen-bond acceptors (Lipinski definition) is 6. The Balaban J connectivity index is 1.80. The predicted octanol–water partition coefficient (Wildman–Crippen LogP) is 5.12. The number of nitrogens with zero attached hydrogens (tertiary/aromatic N) is 3. The molecule has 2 N–H and O–H groups in total. The fourth-order valence-electron chi connectivity index (χ4n) is 2.28. The Morgan fingerprint density at radius 3 is 2.26 bits per heavy atom. The zero-order valence-corrected chi connectivity index (χ0v) is 14.9. The van der Waals surface area contributed by atoms with Gasteiger partial charge in [-0.2, -0.15) is 10.4 Å². The van der Waals surface area contributed by atoms with Gasteiger partial charge in [0, 0.05) is 10.6 Å². The molecule has 0 amide bonds. The van der Waals surface area contributed by atoms with Crippen LogP contribution in [0.15, 0.2) is 63.6 Å². The summed E-state index contributed by atoms with van der Waals surface area (Å²) in [5.74, 6) is 0.758. The quantitative estimate of drug-likeness (QED) is 0.611. The highest BCUT2D eigenvalue weighted by atomic mass is 35.5. The van der Waals surface area contributed by atoms with Crippen LogP contribution in [0.3, 0.4) is 0 Å². The number of nitriles is 1. The lowest BCUT2D eigenvalue weighted by Gasteiger charge is -2.05. The van der Waals surface area contributed by atoms with Crippen molar-refractivity contribution in [2.45, 2.75) is 6.92 Å². The monoisotopic (exact) mass is 380 g/mol. The van der Waals surface area contributed by atoms with Crippen LogP contribution >= 0.6 is 11.6 Å². The van der Waals surface area contributed by atoms with Gasteiger partial charge in [-0.15, -0.1) is 5.11 Å². The molecule has 3 aromatic rings. The van der Waals surface area contributed by atoms with Gasteiger partial charge in [-0.25, -0.2) is 0 Å². The van der Waals surface area contributed by atoms with E-state index in [1.165, 1.54) is 6.92 Å². The second-order valence-electron chi connectivity index (χ2n) is 5.51. The van der Waals surface area contributed by atoms with E-state index in [9.17, 15) is 9.90 Å². The molecule has 0 aliphatic carbocycles. The maximum absolute atomic E-state index is 11.9. The summed E-state index contributed by atoms with van der Waals surface area (Å²) in [7, 11) is 0. The van der Waals surface area contributed by atoms with Gasteiger partial charge in [-0.1, -0.05) is 11.6 Å². The van der Waals surface area contributed by atoms with E-state index >= 15 is 0 Å². The first-order valence-corrected chi connectivity index (χ1v) is 8.17. The van der Waals surface area contributed by atoms with Crippen LogP contribution in [0, 0.1) is 18.3 Å². The first-order valence-electron chi connectivity index (χ1n) is 7.79. The summed E-state index contributed by atoms with van der Waals surface area (Å²) in [4.78, 5) is 14.1. The normalized spacial score (nSPS) is 10.7. The summed E-state index contributed by atoms with van der Waals surface area (Å²) in [6.07, 6.45) is 0. The molecule has 0 radical (unpaired) electrons. The van der Waals surface area contributed by atoms with Gasteiger partial charge in [-0.3, -0.25) is 9.78 Å². The van der Waals surface area contributed by atoms with Crippen LogP contribution in [0.5, 0.6) is 17.4 Å². The lowest BCUT2D eigenvalue weighted by Crippen LogP contribution is -2.08. The SMILES string of the molecule is Cc1c(C#N)c(O)[nH]c(=O)c1N=Nc1ccc(Oc2ccc(Cl)cc2)cc1. The van der Waals surface area contributed by atoms with Gasteiger partial charge in [0.2, 0.25) is 5.88 Å². The summed E-state index contributed by atoms with van der Waals surface area (Å²) >= 11 is 5.84. The molecule has 2 aromatic carbocycles. The molecule has 7 nitrogen and oxygen atoms in total. The Kier molecular flexibility index (Phi) is 5.20. The largest absolute Gasteiger partial charge is 0.494 e. The number of aromatic nitrogens is 1. The Bertz CT molecular complexity index is 1100. The van der Waals surface area contributed by atoms with Crippen molar-refractivity contribution in [2.75, 3.05) is 0 Å². The molecule has 8 heteroatoms. The van der Waals surface area contributed by atoms with Gasteiger partial charge >= 0.3 is 0 Å². The molecule has 1 aromatic heterocycles. The average molecular weight is 381 g/mol. The molecule has 0 spiro atoms. The first kappa shape index (κ1) is 18.2. The Hall–Kier alpha value is -3.63. The molecule has 0 unspecified atom stereocenters. The molecule has 0 atom stereocenters. The molecular formula is C19H13ClN4O3. The van der Waals surface area contributed by atoms with Gasteiger partial charge in [0.25, 0.3) is 5.56 Å². The summed E-state index contributed by atoms with van der Waals surface area (Å²) in [6.45, 7) is 1.52. The Morgan fingerprint density at radius 2 is 1.67 bits per heavy atom. The van der Waals surface area contributed by atoms with E-state index in [0.29, 0.717) is 22.2 Å². The fourth-order valence-corrected chi connectivity index (χ4v) is 2.41. The number of H-pyrrole nitrogens is 1.